The summed E-state index contributed by atoms with van der Waals surface area (Å²) in [7, 11) is 0. The zero-order chi connectivity index (χ0) is 11.7. The van der Waals surface area contributed by atoms with Crippen LogP contribution in [0.2, 0.25) is 0 Å². The molecule has 0 amide bonds. The maximum absolute atomic E-state index is 5.66. The van der Waals surface area contributed by atoms with Crippen LogP contribution in [0.3, 0.4) is 0 Å². The molecule has 0 saturated heterocycles. The van der Waals surface area contributed by atoms with E-state index in [1.54, 1.807) is 12.5 Å². The van der Waals surface area contributed by atoms with Crippen molar-refractivity contribution in [2.75, 3.05) is 0 Å². The molecule has 0 saturated carbocycles. The van der Waals surface area contributed by atoms with Gasteiger partial charge in [0.2, 0.25) is 5.79 Å². The highest BCUT2D eigenvalue weighted by Gasteiger charge is 2.34. The number of hydrogen-bond donors (Lipinski definition) is 0. The van der Waals surface area contributed by atoms with Gasteiger partial charge in [0.15, 0.2) is 0 Å². The van der Waals surface area contributed by atoms with Crippen molar-refractivity contribution in [3.8, 4) is 0 Å². The molecular formula is C14H26O2. The molecule has 1 aliphatic rings. The first kappa shape index (κ1) is 13.4. The van der Waals surface area contributed by atoms with E-state index in [0.29, 0.717) is 0 Å². The van der Waals surface area contributed by atoms with E-state index in [4.69, 9.17) is 9.47 Å². The normalized spacial score (nSPS) is 17.1. The average Bonchev–Trinajstić information content (AvgIpc) is 2.74. The van der Waals surface area contributed by atoms with Crippen molar-refractivity contribution >= 4 is 0 Å². The van der Waals surface area contributed by atoms with Gasteiger partial charge in [0, 0.05) is 12.8 Å². The summed E-state index contributed by atoms with van der Waals surface area (Å²) in [6.45, 7) is 4.46. The van der Waals surface area contributed by atoms with Gasteiger partial charge < -0.3 is 9.47 Å². The van der Waals surface area contributed by atoms with Crippen LogP contribution < -0.4 is 0 Å². The summed E-state index contributed by atoms with van der Waals surface area (Å²) in [6, 6.07) is 0. The van der Waals surface area contributed by atoms with Gasteiger partial charge in [0.05, 0.1) is 0 Å². The predicted octanol–water partition coefficient (Wildman–Crippen LogP) is 4.75. The molecule has 1 heterocycles. The van der Waals surface area contributed by atoms with E-state index in [-0.39, 0.29) is 5.79 Å². The molecule has 0 N–H and O–H groups in total. The molecule has 0 radical (unpaired) electrons. The van der Waals surface area contributed by atoms with Gasteiger partial charge in [-0.2, -0.15) is 0 Å². The van der Waals surface area contributed by atoms with Crippen molar-refractivity contribution < 1.29 is 9.47 Å². The fourth-order valence-electron chi connectivity index (χ4n) is 2.16. The number of hydrogen-bond acceptors (Lipinski definition) is 2. The first-order valence-corrected chi connectivity index (χ1v) is 6.83. The van der Waals surface area contributed by atoms with Crippen molar-refractivity contribution in [3.63, 3.8) is 0 Å². The fourth-order valence-corrected chi connectivity index (χ4v) is 2.16. The Hall–Kier alpha value is -0.660. The van der Waals surface area contributed by atoms with E-state index >= 15 is 0 Å². The maximum Gasteiger partial charge on any atom is 0.249 e. The Morgan fingerprint density at radius 1 is 0.750 bits per heavy atom. The highest BCUT2D eigenvalue weighted by atomic mass is 16.7. The van der Waals surface area contributed by atoms with E-state index in [9.17, 15) is 0 Å². The summed E-state index contributed by atoms with van der Waals surface area (Å²) >= 11 is 0. The molecule has 94 valence electrons. The molecule has 0 aromatic heterocycles. The minimum Gasteiger partial charge on any atom is -0.457 e. The minimum atomic E-state index is -0.317. The smallest absolute Gasteiger partial charge is 0.249 e. The van der Waals surface area contributed by atoms with E-state index in [2.05, 4.69) is 13.8 Å². The molecular weight excluding hydrogens is 200 g/mol. The minimum absolute atomic E-state index is 0.317. The molecule has 2 nitrogen and oxygen atoms in total. The third kappa shape index (κ3) is 4.46. The van der Waals surface area contributed by atoms with Crippen LogP contribution in [0, 0.1) is 0 Å². The van der Waals surface area contributed by atoms with Crippen molar-refractivity contribution in [1.82, 2.24) is 0 Å². The highest BCUT2D eigenvalue weighted by Crippen LogP contribution is 2.32. The van der Waals surface area contributed by atoms with Crippen LogP contribution in [-0.2, 0) is 9.47 Å². The summed E-state index contributed by atoms with van der Waals surface area (Å²) in [5.41, 5.74) is 0. The van der Waals surface area contributed by atoms with Gasteiger partial charge >= 0.3 is 0 Å². The Kier molecular flexibility index (Phi) is 6.36. The molecule has 16 heavy (non-hydrogen) atoms. The van der Waals surface area contributed by atoms with Gasteiger partial charge in [0.1, 0.15) is 12.5 Å². The Morgan fingerprint density at radius 3 is 1.81 bits per heavy atom. The summed E-state index contributed by atoms with van der Waals surface area (Å²) < 4.78 is 11.3. The van der Waals surface area contributed by atoms with Crippen LogP contribution in [0.4, 0.5) is 0 Å². The van der Waals surface area contributed by atoms with Crippen molar-refractivity contribution in [2.24, 2.45) is 0 Å². The maximum atomic E-state index is 5.66. The predicted molar refractivity (Wildman–Crippen MR) is 66.9 cm³/mol. The molecule has 0 aromatic rings. The molecule has 0 spiro atoms. The summed E-state index contributed by atoms with van der Waals surface area (Å²) in [5, 5.41) is 0. The van der Waals surface area contributed by atoms with Gasteiger partial charge in [-0.25, -0.2) is 0 Å². The summed E-state index contributed by atoms with van der Waals surface area (Å²) in [4.78, 5) is 0. The lowest BCUT2D eigenvalue weighted by Gasteiger charge is -2.27. The largest absolute Gasteiger partial charge is 0.457 e. The zero-order valence-electron chi connectivity index (χ0n) is 10.8. The summed E-state index contributed by atoms with van der Waals surface area (Å²) in [6.07, 6.45) is 14.3. The van der Waals surface area contributed by atoms with Crippen molar-refractivity contribution in [2.45, 2.75) is 77.4 Å². The first-order valence-electron chi connectivity index (χ1n) is 6.83. The molecule has 0 aromatic carbocycles. The van der Waals surface area contributed by atoms with Gasteiger partial charge in [-0.05, 0) is 12.8 Å². The zero-order valence-corrected chi connectivity index (χ0v) is 10.8. The van der Waals surface area contributed by atoms with E-state index in [1.165, 1.54) is 44.9 Å². The lowest BCUT2D eigenvalue weighted by atomic mass is 10.0. The topological polar surface area (TPSA) is 18.5 Å². The second kappa shape index (κ2) is 7.59. The SMILES string of the molecule is CCCCCCC1(CCCCC)OC=CO1. The molecule has 1 aliphatic heterocycles. The van der Waals surface area contributed by atoms with Crippen LogP contribution >= 0.6 is 0 Å². The molecule has 0 fully saturated rings. The average molecular weight is 226 g/mol. The second-order valence-electron chi connectivity index (χ2n) is 4.69. The number of ether oxygens (including phenoxy) is 2. The van der Waals surface area contributed by atoms with Crippen molar-refractivity contribution in [3.05, 3.63) is 12.5 Å². The van der Waals surface area contributed by atoms with Gasteiger partial charge in [-0.3, -0.25) is 0 Å². The number of unbranched alkanes of at least 4 members (excludes halogenated alkanes) is 5. The summed E-state index contributed by atoms with van der Waals surface area (Å²) in [5.74, 6) is -0.317. The molecule has 0 unspecified atom stereocenters. The van der Waals surface area contributed by atoms with Crippen LogP contribution in [0.25, 0.3) is 0 Å². The molecule has 0 bridgehead atoms. The van der Waals surface area contributed by atoms with Crippen LogP contribution in [0.15, 0.2) is 12.5 Å². The lowest BCUT2D eigenvalue weighted by Crippen LogP contribution is -2.29. The van der Waals surface area contributed by atoms with Crippen LogP contribution in [0.1, 0.15) is 71.6 Å². The van der Waals surface area contributed by atoms with Gasteiger partial charge in [-0.15, -0.1) is 0 Å². The molecule has 1 rings (SSSR count). The highest BCUT2D eigenvalue weighted by molar-refractivity contribution is 4.83. The third-order valence-corrected chi connectivity index (χ3v) is 3.19. The Labute approximate surface area is 100 Å². The molecule has 0 atom stereocenters. The van der Waals surface area contributed by atoms with E-state index in [1.807, 2.05) is 0 Å². The Bertz CT molecular complexity index is 191. The van der Waals surface area contributed by atoms with Gasteiger partial charge in [0.25, 0.3) is 0 Å². The van der Waals surface area contributed by atoms with E-state index in [0.717, 1.165) is 12.8 Å². The van der Waals surface area contributed by atoms with Crippen LogP contribution in [-0.4, -0.2) is 5.79 Å². The fraction of sp³-hybridized carbons (Fsp3) is 0.857. The molecule has 2 heteroatoms. The first-order chi connectivity index (χ1) is 7.83. The van der Waals surface area contributed by atoms with Gasteiger partial charge in [-0.1, -0.05) is 46.0 Å². The Morgan fingerprint density at radius 2 is 1.25 bits per heavy atom. The Balaban J connectivity index is 2.22. The quantitative estimate of drug-likeness (QED) is 0.528. The number of rotatable bonds is 9. The monoisotopic (exact) mass is 226 g/mol. The van der Waals surface area contributed by atoms with Crippen molar-refractivity contribution in [1.29, 1.82) is 0 Å². The van der Waals surface area contributed by atoms with Crippen LogP contribution in [0.5, 0.6) is 0 Å². The standard InChI is InChI=1S/C14H26O2/c1-3-5-7-9-11-14(10-8-6-4-2)15-12-13-16-14/h12-13H,3-11H2,1-2H3. The second-order valence-corrected chi connectivity index (χ2v) is 4.69. The van der Waals surface area contributed by atoms with E-state index < -0.39 is 0 Å². The molecule has 0 aliphatic carbocycles. The third-order valence-electron chi connectivity index (χ3n) is 3.19. The lowest BCUT2D eigenvalue weighted by molar-refractivity contribution is -0.153.